The average Bonchev–Trinajstić information content (AvgIpc) is 2.64. The monoisotopic (exact) mass is 196 g/mol. The first-order valence-electron chi connectivity index (χ1n) is 4.94. The Morgan fingerprint density at radius 1 is 1.57 bits per heavy atom. The molecule has 4 nitrogen and oxygen atoms in total. The Bertz CT molecular complexity index is 239. The van der Waals surface area contributed by atoms with Crippen LogP contribution >= 0.6 is 0 Å². The molecule has 1 fully saturated rings. The lowest BCUT2D eigenvalue weighted by Gasteiger charge is -2.21. The van der Waals surface area contributed by atoms with Crippen LogP contribution in [0.4, 0.5) is 0 Å². The Morgan fingerprint density at radius 3 is 2.71 bits per heavy atom. The maximum absolute atomic E-state index is 11.4. The fraction of sp³-hybridized carbons (Fsp3) is 0.800. The van der Waals surface area contributed by atoms with Gasteiger partial charge in [-0.1, -0.05) is 0 Å². The predicted octanol–water partition coefficient (Wildman–Crippen LogP) is 0.975. The zero-order chi connectivity index (χ0) is 10.4. The summed E-state index contributed by atoms with van der Waals surface area (Å²) >= 11 is 0. The van der Waals surface area contributed by atoms with Gasteiger partial charge in [-0.05, 0) is 25.7 Å². The van der Waals surface area contributed by atoms with Crippen LogP contribution in [-0.2, 0) is 9.53 Å². The highest BCUT2D eigenvalue weighted by molar-refractivity contribution is 5.77. The number of nitrogens with zero attached hydrogens (tertiary/aromatic N) is 1. The Balaban J connectivity index is 2.41. The normalized spacial score (nSPS) is 18.9. The van der Waals surface area contributed by atoms with Gasteiger partial charge in [0.15, 0.2) is 0 Å². The number of hydrogen-bond acceptors (Lipinski definition) is 3. The lowest BCUT2D eigenvalue weighted by Crippen LogP contribution is -2.45. The molecule has 0 bridgehead atoms. The van der Waals surface area contributed by atoms with E-state index in [1.54, 1.807) is 7.11 Å². The second-order valence-electron chi connectivity index (χ2n) is 3.69. The largest absolute Gasteiger partial charge is 0.384 e. The number of nitriles is 1. The van der Waals surface area contributed by atoms with Gasteiger partial charge in [-0.15, -0.1) is 0 Å². The molecule has 4 heteroatoms. The zero-order valence-electron chi connectivity index (χ0n) is 8.51. The Hall–Kier alpha value is -1.08. The fourth-order valence-corrected chi connectivity index (χ4v) is 1.77. The summed E-state index contributed by atoms with van der Waals surface area (Å²) in [6.07, 6.45) is 3.95. The first kappa shape index (κ1) is 11.0. The molecule has 0 aromatic carbocycles. The number of rotatable bonds is 4. The van der Waals surface area contributed by atoms with Gasteiger partial charge in [-0.2, -0.15) is 5.26 Å². The lowest BCUT2D eigenvalue weighted by atomic mass is 10.00. The van der Waals surface area contributed by atoms with Gasteiger partial charge in [0.25, 0.3) is 0 Å². The van der Waals surface area contributed by atoms with Gasteiger partial charge in [0.05, 0.1) is 12.7 Å². The number of carbonyl (C=O) groups excluding carboxylic acids is 1. The van der Waals surface area contributed by atoms with E-state index in [1.165, 1.54) is 0 Å². The van der Waals surface area contributed by atoms with Crippen LogP contribution in [0.15, 0.2) is 0 Å². The molecule has 0 aliphatic heterocycles. The molecule has 0 heterocycles. The Labute approximate surface area is 84.2 Å². The molecule has 14 heavy (non-hydrogen) atoms. The molecule has 0 aromatic heterocycles. The molecule has 1 amide bonds. The van der Waals surface area contributed by atoms with Crippen LogP contribution in [0.5, 0.6) is 0 Å². The molecule has 1 aliphatic rings. The van der Waals surface area contributed by atoms with E-state index in [-0.39, 0.29) is 5.91 Å². The van der Waals surface area contributed by atoms with Crippen LogP contribution < -0.4 is 5.32 Å². The molecule has 0 radical (unpaired) electrons. The van der Waals surface area contributed by atoms with Crippen LogP contribution in [0, 0.1) is 11.3 Å². The predicted molar refractivity (Wildman–Crippen MR) is 51.4 cm³/mol. The van der Waals surface area contributed by atoms with Crippen molar-refractivity contribution in [3.63, 3.8) is 0 Å². The molecule has 0 unspecified atom stereocenters. The van der Waals surface area contributed by atoms with Crippen molar-refractivity contribution in [2.24, 2.45) is 0 Å². The van der Waals surface area contributed by atoms with Crippen LogP contribution in [0.2, 0.25) is 0 Å². The number of amides is 1. The number of methoxy groups -OCH3 is 1. The minimum atomic E-state index is -0.592. The van der Waals surface area contributed by atoms with Crippen molar-refractivity contribution in [3.8, 4) is 6.07 Å². The van der Waals surface area contributed by atoms with Crippen LogP contribution in [0.3, 0.4) is 0 Å². The van der Waals surface area contributed by atoms with E-state index in [1.807, 2.05) is 0 Å². The minimum absolute atomic E-state index is 0.0877. The van der Waals surface area contributed by atoms with Crippen molar-refractivity contribution >= 4 is 5.91 Å². The van der Waals surface area contributed by atoms with E-state index in [2.05, 4.69) is 11.4 Å². The molecule has 0 saturated heterocycles. The average molecular weight is 196 g/mol. The summed E-state index contributed by atoms with van der Waals surface area (Å²) in [5.41, 5.74) is -0.592. The van der Waals surface area contributed by atoms with Crippen molar-refractivity contribution in [1.29, 1.82) is 5.26 Å². The molecule has 1 saturated carbocycles. The molecule has 0 aromatic rings. The van der Waals surface area contributed by atoms with Crippen molar-refractivity contribution in [1.82, 2.24) is 5.32 Å². The van der Waals surface area contributed by atoms with Gasteiger partial charge in [-0.25, -0.2) is 0 Å². The lowest BCUT2D eigenvalue weighted by molar-refractivity contribution is -0.123. The summed E-state index contributed by atoms with van der Waals surface area (Å²) in [5, 5.41) is 11.8. The Morgan fingerprint density at radius 2 is 2.21 bits per heavy atom. The summed E-state index contributed by atoms with van der Waals surface area (Å²) < 4.78 is 4.80. The highest BCUT2D eigenvalue weighted by atomic mass is 16.5. The summed E-state index contributed by atoms with van der Waals surface area (Å²) in [5.74, 6) is -0.0877. The standard InChI is InChI=1S/C10H16N2O2/c1-14-7-4-9(13)12-10(8-11)5-2-3-6-10/h2-7H2,1H3,(H,12,13). The molecular weight excluding hydrogens is 180 g/mol. The summed E-state index contributed by atoms with van der Waals surface area (Å²) in [7, 11) is 1.56. The van der Waals surface area contributed by atoms with Gasteiger partial charge in [0.1, 0.15) is 5.54 Å². The van der Waals surface area contributed by atoms with E-state index in [0.717, 1.165) is 25.7 Å². The SMILES string of the molecule is COCCC(=O)NC1(C#N)CCCC1. The number of ether oxygens (including phenoxy) is 1. The van der Waals surface area contributed by atoms with E-state index in [0.29, 0.717) is 13.0 Å². The number of carbonyl (C=O) groups is 1. The maximum atomic E-state index is 11.4. The van der Waals surface area contributed by atoms with Gasteiger partial charge >= 0.3 is 0 Å². The third kappa shape index (κ3) is 2.71. The van der Waals surface area contributed by atoms with Crippen molar-refractivity contribution in [2.45, 2.75) is 37.6 Å². The molecule has 0 spiro atoms. The van der Waals surface area contributed by atoms with Gasteiger partial charge in [0, 0.05) is 13.5 Å². The van der Waals surface area contributed by atoms with Crippen LogP contribution in [0.25, 0.3) is 0 Å². The van der Waals surface area contributed by atoms with E-state index >= 15 is 0 Å². The van der Waals surface area contributed by atoms with Crippen LogP contribution in [-0.4, -0.2) is 25.2 Å². The second kappa shape index (κ2) is 4.97. The summed E-state index contributed by atoms with van der Waals surface area (Å²) in [6, 6.07) is 2.21. The second-order valence-corrected chi connectivity index (χ2v) is 3.69. The molecule has 78 valence electrons. The highest BCUT2D eigenvalue weighted by Crippen LogP contribution is 2.28. The van der Waals surface area contributed by atoms with E-state index in [4.69, 9.17) is 10.00 Å². The van der Waals surface area contributed by atoms with Gasteiger partial charge in [0.2, 0.25) is 5.91 Å². The van der Waals surface area contributed by atoms with Crippen molar-refractivity contribution in [2.75, 3.05) is 13.7 Å². The summed E-state index contributed by atoms with van der Waals surface area (Å²) in [6.45, 7) is 0.410. The maximum Gasteiger partial charge on any atom is 0.223 e. The number of hydrogen-bond donors (Lipinski definition) is 1. The van der Waals surface area contributed by atoms with Crippen molar-refractivity contribution < 1.29 is 9.53 Å². The minimum Gasteiger partial charge on any atom is -0.384 e. The molecule has 1 aliphatic carbocycles. The van der Waals surface area contributed by atoms with Crippen LogP contribution in [0.1, 0.15) is 32.1 Å². The molecule has 0 atom stereocenters. The first-order valence-corrected chi connectivity index (χ1v) is 4.94. The molecular formula is C10H16N2O2. The Kier molecular flexibility index (Phi) is 3.90. The molecule has 1 N–H and O–H groups in total. The third-order valence-corrected chi connectivity index (χ3v) is 2.58. The van der Waals surface area contributed by atoms with Crippen molar-refractivity contribution in [3.05, 3.63) is 0 Å². The highest BCUT2D eigenvalue weighted by Gasteiger charge is 2.34. The molecule has 1 rings (SSSR count). The summed E-state index contributed by atoms with van der Waals surface area (Å²) in [4.78, 5) is 11.4. The topological polar surface area (TPSA) is 62.1 Å². The fourth-order valence-electron chi connectivity index (χ4n) is 1.77. The quantitative estimate of drug-likeness (QED) is 0.729. The van der Waals surface area contributed by atoms with E-state index in [9.17, 15) is 4.79 Å². The van der Waals surface area contributed by atoms with E-state index < -0.39 is 5.54 Å². The zero-order valence-corrected chi connectivity index (χ0v) is 8.51. The number of nitrogens with one attached hydrogen (secondary N) is 1. The van der Waals surface area contributed by atoms with Gasteiger partial charge in [-0.3, -0.25) is 4.79 Å². The third-order valence-electron chi connectivity index (χ3n) is 2.58. The first-order chi connectivity index (χ1) is 6.72. The smallest absolute Gasteiger partial charge is 0.223 e. The van der Waals surface area contributed by atoms with Gasteiger partial charge < -0.3 is 10.1 Å².